The van der Waals surface area contributed by atoms with Crippen LogP contribution in [0, 0.1) is 18.7 Å². The fraction of sp³-hybridized carbons (Fsp3) is 0.379. The monoisotopic (exact) mass is 494 g/mol. The Bertz CT molecular complexity index is 1080. The molecule has 186 valence electrons. The molecule has 0 spiro atoms. The highest BCUT2D eigenvalue weighted by Crippen LogP contribution is 2.20. The number of hydrogen-bond donors (Lipinski definition) is 0. The number of aryl methyl sites for hydroxylation is 2. The third-order valence-electron chi connectivity index (χ3n) is 6.16. The number of halogens is 1. The molecule has 0 fully saturated rings. The van der Waals surface area contributed by atoms with E-state index in [1.165, 1.54) is 17.0 Å². The van der Waals surface area contributed by atoms with Gasteiger partial charge in [0.15, 0.2) is 0 Å². The zero-order chi connectivity index (χ0) is 25.2. The number of amides is 2. The molecule has 0 aliphatic heterocycles. The van der Waals surface area contributed by atoms with Gasteiger partial charge in [0.1, 0.15) is 5.82 Å². The Balaban J connectivity index is 1.74. The number of benzene rings is 2. The van der Waals surface area contributed by atoms with E-state index in [2.05, 4.69) is 13.8 Å². The first-order valence-corrected chi connectivity index (χ1v) is 13.0. The molecule has 0 aliphatic rings. The van der Waals surface area contributed by atoms with Gasteiger partial charge in [0.25, 0.3) is 0 Å². The van der Waals surface area contributed by atoms with E-state index in [0.717, 1.165) is 22.4 Å². The van der Waals surface area contributed by atoms with Crippen molar-refractivity contribution in [3.8, 4) is 0 Å². The number of nitrogens with zero attached hydrogens (tertiary/aromatic N) is 2. The van der Waals surface area contributed by atoms with Crippen molar-refractivity contribution in [2.75, 3.05) is 13.1 Å². The Morgan fingerprint density at radius 3 is 2.23 bits per heavy atom. The molecule has 6 heteroatoms. The highest BCUT2D eigenvalue weighted by Gasteiger charge is 2.23. The van der Waals surface area contributed by atoms with Crippen LogP contribution in [-0.2, 0) is 29.1 Å². The first-order valence-electron chi connectivity index (χ1n) is 12.2. The molecule has 3 rings (SSSR count). The fourth-order valence-corrected chi connectivity index (χ4v) is 4.78. The van der Waals surface area contributed by atoms with E-state index in [1.807, 2.05) is 49.4 Å². The van der Waals surface area contributed by atoms with Gasteiger partial charge in [-0.25, -0.2) is 4.39 Å². The van der Waals surface area contributed by atoms with Crippen molar-refractivity contribution in [1.29, 1.82) is 0 Å². The second-order valence-corrected chi connectivity index (χ2v) is 10.5. The van der Waals surface area contributed by atoms with Gasteiger partial charge in [-0.1, -0.05) is 62.7 Å². The Labute approximate surface area is 212 Å². The third kappa shape index (κ3) is 8.62. The highest BCUT2D eigenvalue weighted by atomic mass is 32.1. The van der Waals surface area contributed by atoms with Gasteiger partial charge in [-0.2, -0.15) is 0 Å². The molecule has 2 amide bonds. The van der Waals surface area contributed by atoms with E-state index in [0.29, 0.717) is 38.4 Å². The standard InChI is InChI=1S/C29H35FN2O2S/c1-4-22(2)18-31(28(33)17-13-24-8-6-5-7-9-24)21-29(34)32(20-27-16-10-23(3)35-27)19-25-11-14-26(30)15-12-25/h5-12,14-16,22H,4,13,17-21H2,1-3H3/t22-/m0/s1. The maximum Gasteiger partial charge on any atom is 0.242 e. The summed E-state index contributed by atoms with van der Waals surface area (Å²) in [4.78, 5) is 32.5. The predicted molar refractivity (Wildman–Crippen MR) is 141 cm³/mol. The molecule has 3 aromatic rings. The van der Waals surface area contributed by atoms with E-state index in [9.17, 15) is 14.0 Å². The topological polar surface area (TPSA) is 40.6 Å². The maximum absolute atomic E-state index is 13.5. The highest BCUT2D eigenvalue weighted by molar-refractivity contribution is 7.11. The van der Waals surface area contributed by atoms with Crippen LogP contribution in [0.4, 0.5) is 4.39 Å². The van der Waals surface area contributed by atoms with Crippen molar-refractivity contribution in [1.82, 2.24) is 9.80 Å². The molecule has 0 N–H and O–H groups in total. The predicted octanol–water partition coefficient (Wildman–Crippen LogP) is 6.23. The smallest absolute Gasteiger partial charge is 0.242 e. The number of rotatable bonds is 12. The molecule has 0 bridgehead atoms. The summed E-state index contributed by atoms with van der Waals surface area (Å²) in [7, 11) is 0. The quantitative estimate of drug-likeness (QED) is 0.299. The summed E-state index contributed by atoms with van der Waals surface area (Å²) in [6.45, 7) is 7.67. The number of hydrogen-bond acceptors (Lipinski definition) is 3. The molecule has 4 nitrogen and oxygen atoms in total. The molecule has 0 aliphatic carbocycles. The second kappa shape index (κ2) is 13.2. The molecule has 0 saturated heterocycles. The van der Waals surface area contributed by atoms with Gasteiger partial charge >= 0.3 is 0 Å². The minimum absolute atomic E-state index is 0.00352. The lowest BCUT2D eigenvalue weighted by molar-refractivity contribution is -0.141. The van der Waals surface area contributed by atoms with Crippen LogP contribution in [0.1, 0.15) is 47.6 Å². The number of thiophene rings is 1. The lowest BCUT2D eigenvalue weighted by Gasteiger charge is -2.29. The molecule has 2 aromatic carbocycles. The number of carbonyl (C=O) groups excluding carboxylic acids is 2. The lowest BCUT2D eigenvalue weighted by Crippen LogP contribution is -2.44. The Hall–Kier alpha value is -2.99. The Morgan fingerprint density at radius 1 is 0.886 bits per heavy atom. The van der Waals surface area contributed by atoms with E-state index < -0.39 is 0 Å². The zero-order valence-corrected chi connectivity index (χ0v) is 21.7. The fourth-order valence-electron chi connectivity index (χ4n) is 3.88. The Kier molecular flexibility index (Phi) is 10.0. The van der Waals surface area contributed by atoms with Gasteiger partial charge in [-0.15, -0.1) is 11.3 Å². The van der Waals surface area contributed by atoms with E-state index in [1.54, 1.807) is 33.3 Å². The largest absolute Gasteiger partial charge is 0.333 e. The van der Waals surface area contributed by atoms with Crippen LogP contribution in [0.3, 0.4) is 0 Å². The van der Waals surface area contributed by atoms with Crippen molar-refractivity contribution >= 4 is 23.2 Å². The second-order valence-electron chi connectivity index (χ2n) is 9.16. The summed E-state index contributed by atoms with van der Waals surface area (Å²) >= 11 is 1.66. The van der Waals surface area contributed by atoms with Crippen LogP contribution < -0.4 is 0 Å². The maximum atomic E-state index is 13.5. The van der Waals surface area contributed by atoms with Crippen molar-refractivity contribution in [3.05, 3.63) is 93.4 Å². The van der Waals surface area contributed by atoms with Crippen LogP contribution in [-0.4, -0.2) is 34.7 Å². The summed E-state index contributed by atoms with van der Waals surface area (Å²) in [5, 5.41) is 0. The molecule has 1 aromatic heterocycles. The van der Waals surface area contributed by atoms with Crippen LogP contribution in [0.2, 0.25) is 0 Å². The molecule has 0 unspecified atom stereocenters. The molecule has 1 heterocycles. The number of carbonyl (C=O) groups is 2. The average molecular weight is 495 g/mol. The molecule has 0 radical (unpaired) electrons. The first-order chi connectivity index (χ1) is 16.8. The first kappa shape index (κ1) is 26.6. The van der Waals surface area contributed by atoms with Crippen molar-refractivity contribution < 1.29 is 14.0 Å². The molecule has 1 atom stereocenters. The summed E-state index contributed by atoms with van der Waals surface area (Å²) in [5.74, 6) is -0.105. The van der Waals surface area contributed by atoms with Crippen molar-refractivity contribution in [2.24, 2.45) is 5.92 Å². The molecule has 35 heavy (non-hydrogen) atoms. The van der Waals surface area contributed by atoms with Gasteiger partial charge in [0.05, 0.1) is 13.1 Å². The lowest BCUT2D eigenvalue weighted by atomic mass is 10.1. The van der Waals surface area contributed by atoms with Gasteiger partial charge in [-0.3, -0.25) is 9.59 Å². The normalized spacial score (nSPS) is 11.8. The average Bonchev–Trinajstić information content (AvgIpc) is 3.27. The van der Waals surface area contributed by atoms with Crippen LogP contribution in [0.25, 0.3) is 0 Å². The Morgan fingerprint density at radius 2 is 1.60 bits per heavy atom. The summed E-state index contributed by atoms with van der Waals surface area (Å²) in [6.07, 6.45) is 1.96. The summed E-state index contributed by atoms with van der Waals surface area (Å²) in [5.41, 5.74) is 1.97. The van der Waals surface area contributed by atoms with Crippen molar-refractivity contribution in [2.45, 2.75) is 53.1 Å². The third-order valence-corrected chi connectivity index (χ3v) is 7.15. The van der Waals surface area contributed by atoms with Gasteiger partial charge < -0.3 is 9.80 Å². The van der Waals surface area contributed by atoms with Crippen LogP contribution in [0.15, 0.2) is 66.7 Å². The van der Waals surface area contributed by atoms with Gasteiger partial charge in [-0.05, 0) is 54.7 Å². The summed E-state index contributed by atoms with van der Waals surface area (Å²) < 4.78 is 13.4. The molecular weight excluding hydrogens is 459 g/mol. The van der Waals surface area contributed by atoms with E-state index in [-0.39, 0.29) is 24.2 Å². The van der Waals surface area contributed by atoms with Gasteiger partial charge in [0.2, 0.25) is 11.8 Å². The van der Waals surface area contributed by atoms with Gasteiger partial charge in [0, 0.05) is 29.3 Å². The minimum atomic E-state index is -0.302. The SMILES string of the molecule is CC[C@H](C)CN(CC(=O)N(Cc1ccc(F)cc1)Cc1ccc(C)s1)C(=O)CCc1ccccc1. The molecular formula is C29H35FN2O2S. The minimum Gasteiger partial charge on any atom is -0.333 e. The van der Waals surface area contributed by atoms with E-state index >= 15 is 0 Å². The zero-order valence-electron chi connectivity index (χ0n) is 20.9. The molecule has 0 saturated carbocycles. The van der Waals surface area contributed by atoms with E-state index in [4.69, 9.17) is 0 Å². The van der Waals surface area contributed by atoms with Crippen LogP contribution in [0.5, 0.6) is 0 Å². The van der Waals surface area contributed by atoms with Crippen molar-refractivity contribution in [3.63, 3.8) is 0 Å². The van der Waals surface area contributed by atoms with Crippen LogP contribution >= 0.6 is 11.3 Å². The summed E-state index contributed by atoms with van der Waals surface area (Å²) in [6, 6.07) is 20.3.